The van der Waals surface area contributed by atoms with E-state index in [2.05, 4.69) is 11.7 Å². The Labute approximate surface area is 136 Å². The van der Waals surface area contributed by atoms with Gasteiger partial charge < -0.3 is 4.74 Å². The highest BCUT2D eigenvalue weighted by molar-refractivity contribution is 5.69. The van der Waals surface area contributed by atoms with Gasteiger partial charge in [-0.1, -0.05) is 51.9 Å². The van der Waals surface area contributed by atoms with Gasteiger partial charge in [0, 0.05) is 6.42 Å². The molecule has 0 saturated heterocycles. The fraction of sp³-hybridized carbons (Fsp3) is 0.933. The Morgan fingerprint density at radius 2 is 1.25 bits per heavy atom. The van der Waals surface area contributed by atoms with Gasteiger partial charge in [0.1, 0.15) is 0 Å². The predicted molar refractivity (Wildman–Crippen MR) is 74.1 cm³/mol. The van der Waals surface area contributed by atoms with Crippen LogP contribution in [0.4, 0.5) is 30.7 Å². The SMILES string of the molecule is CCCCCCCCCCC(=O)OCC(F)(F)C(F)(F)C(F)(F)F. The fourth-order valence-electron chi connectivity index (χ4n) is 1.94. The van der Waals surface area contributed by atoms with Crippen molar-refractivity contribution in [1.29, 1.82) is 0 Å². The minimum absolute atomic E-state index is 0.289. The van der Waals surface area contributed by atoms with Crippen LogP contribution in [0.1, 0.15) is 64.7 Å². The quantitative estimate of drug-likeness (QED) is 0.244. The molecule has 24 heavy (non-hydrogen) atoms. The molecule has 0 saturated carbocycles. The number of rotatable bonds is 12. The Morgan fingerprint density at radius 1 is 0.792 bits per heavy atom. The number of carbonyl (C=O) groups excluding carboxylic acids is 1. The van der Waals surface area contributed by atoms with Crippen LogP contribution >= 0.6 is 0 Å². The van der Waals surface area contributed by atoms with E-state index in [1.54, 1.807) is 0 Å². The summed E-state index contributed by atoms with van der Waals surface area (Å²) in [5.74, 6) is -13.0. The molecule has 0 fully saturated rings. The average molecular weight is 368 g/mol. The Hall–Kier alpha value is -1.02. The largest absolute Gasteiger partial charge is 0.460 e. The lowest BCUT2D eigenvalue weighted by molar-refractivity contribution is -0.359. The summed E-state index contributed by atoms with van der Waals surface area (Å²) in [5, 5.41) is 0. The maximum atomic E-state index is 12.9. The van der Waals surface area contributed by atoms with Crippen LogP contribution in [0, 0.1) is 0 Å². The van der Waals surface area contributed by atoms with E-state index in [9.17, 15) is 35.5 Å². The number of alkyl halides is 7. The zero-order valence-electron chi connectivity index (χ0n) is 13.5. The van der Waals surface area contributed by atoms with E-state index in [4.69, 9.17) is 0 Å². The monoisotopic (exact) mass is 368 g/mol. The lowest BCUT2D eigenvalue weighted by Gasteiger charge is -2.27. The van der Waals surface area contributed by atoms with Crippen LogP contribution in [0.5, 0.6) is 0 Å². The maximum Gasteiger partial charge on any atom is 0.460 e. The molecule has 0 heterocycles. The van der Waals surface area contributed by atoms with E-state index in [1.165, 1.54) is 0 Å². The fourth-order valence-corrected chi connectivity index (χ4v) is 1.94. The van der Waals surface area contributed by atoms with Crippen molar-refractivity contribution in [2.45, 2.75) is 82.7 Å². The van der Waals surface area contributed by atoms with E-state index < -0.39 is 30.6 Å². The predicted octanol–water partition coefficient (Wildman–Crippen LogP) is 5.89. The minimum atomic E-state index is -6.42. The smallest absolute Gasteiger partial charge is 0.459 e. The molecule has 0 aromatic carbocycles. The second-order valence-electron chi connectivity index (χ2n) is 5.66. The van der Waals surface area contributed by atoms with Crippen LogP contribution in [0.25, 0.3) is 0 Å². The molecule has 9 heteroatoms. The molecule has 0 aromatic rings. The molecule has 0 unspecified atom stereocenters. The van der Waals surface area contributed by atoms with Crippen LogP contribution in [0.3, 0.4) is 0 Å². The van der Waals surface area contributed by atoms with E-state index >= 15 is 0 Å². The van der Waals surface area contributed by atoms with Crippen molar-refractivity contribution in [3.05, 3.63) is 0 Å². The minimum Gasteiger partial charge on any atom is -0.459 e. The summed E-state index contributed by atoms with van der Waals surface area (Å²) in [6.45, 7) is -0.213. The van der Waals surface area contributed by atoms with Crippen LogP contribution in [-0.2, 0) is 9.53 Å². The highest BCUT2D eigenvalue weighted by Gasteiger charge is 2.73. The first-order chi connectivity index (χ1) is 11.0. The number of hydrogen-bond donors (Lipinski definition) is 0. The lowest BCUT2D eigenvalue weighted by Crippen LogP contribution is -2.54. The van der Waals surface area contributed by atoms with Gasteiger partial charge in [-0.05, 0) is 6.42 Å². The summed E-state index contributed by atoms with van der Waals surface area (Å²) in [6, 6.07) is 0. The third kappa shape index (κ3) is 7.70. The molecular weight excluding hydrogens is 345 g/mol. The van der Waals surface area contributed by atoms with Gasteiger partial charge in [0.15, 0.2) is 6.61 Å². The van der Waals surface area contributed by atoms with E-state index in [0.29, 0.717) is 12.8 Å². The number of unbranched alkanes of at least 4 members (excludes halogenated alkanes) is 7. The lowest BCUT2D eigenvalue weighted by atomic mass is 10.1. The van der Waals surface area contributed by atoms with E-state index in [1.807, 2.05) is 0 Å². The third-order valence-electron chi connectivity index (χ3n) is 3.46. The molecule has 0 aromatic heterocycles. The van der Waals surface area contributed by atoms with Crippen molar-refractivity contribution >= 4 is 5.97 Å². The van der Waals surface area contributed by atoms with Crippen molar-refractivity contribution in [2.24, 2.45) is 0 Å². The van der Waals surface area contributed by atoms with Gasteiger partial charge in [0.2, 0.25) is 0 Å². The molecule has 0 spiro atoms. The first kappa shape index (κ1) is 23.0. The number of ether oxygens (including phenoxy) is 1. The summed E-state index contributed by atoms with van der Waals surface area (Å²) < 4.78 is 90.5. The van der Waals surface area contributed by atoms with E-state index in [-0.39, 0.29) is 6.42 Å². The summed E-state index contributed by atoms with van der Waals surface area (Å²) in [7, 11) is 0. The van der Waals surface area contributed by atoms with Crippen molar-refractivity contribution in [3.63, 3.8) is 0 Å². The Bertz CT molecular complexity index is 367. The van der Waals surface area contributed by atoms with Crippen LogP contribution < -0.4 is 0 Å². The van der Waals surface area contributed by atoms with Gasteiger partial charge in [-0.15, -0.1) is 0 Å². The van der Waals surface area contributed by atoms with Crippen molar-refractivity contribution in [1.82, 2.24) is 0 Å². The molecule has 0 radical (unpaired) electrons. The zero-order chi connectivity index (χ0) is 18.9. The molecule has 0 aliphatic heterocycles. The van der Waals surface area contributed by atoms with Crippen molar-refractivity contribution < 1.29 is 40.3 Å². The number of esters is 1. The Morgan fingerprint density at radius 3 is 1.71 bits per heavy atom. The molecule has 0 bridgehead atoms. The second-order valence-corrected chi connectivity index (χ2v) is 5.66. The van der Waals surface area contributed by atoms with Gasteiger partial charge in [-0.25, -0.2) is 0 Å². The zero-order valence-corrected chi connectivity index (χ0v) is 13.5. The highest BCUT2D eigenvalue weighted by Crippen LogP contribution is 2.46. The third-order valence-corrected chi connectivity index (χ3v) is 3.46. The molecule has 0 amide bonds. The number of halogens is 7. The first-order valence-electron chi connectivity index (χ1n) is 7.93. The topological polar surface area (TPSA) is 26.3 Å². The molecule has 2 nitrogen and oxygen atoms in total. The van der Waals surface area contributed by atoms with Crippen LogP contribution in [0.15, 0.2) is 0 Å². The van der Waals surface area contributed by atoms with Crippen LogP contribution in [-0.4, -0.2) is 30.6 Å². The number of hydrogen-bond acceptors (Lipinski definition) is 2. The van der Waals surface area contributed by atoms with Gasteiger partial charge in [-0.3, -0.25) is 4.79 Å². The van der Waals surface area contributed by atoms with E-state index in [0.717, 1.165) is 38.5 Å². The number of carbonyl (C=O) groups is 1. The molecule has 0 rings (SSSR count). The molecule has 0 N–H and O–H groups in total. The summed E-state index contributed by atoms with van der Waals surface area (Å²) >= 11 is 0. The highest BCUT2D eigenvalue weighted by atomic mass is 19.4. The maximum absolute atomic E-state index is 12.9. The summed E-state index contributed by atoms with van der Waals surface area (Å²) in [6.07, 6.45) is 0.461. The Kier molecular flexibility index (Phi) is 9.65. The molecular formula is C15H23F7O2. The first-order valence-corrected chi connectivity index (χ1v) is 7.93. The van der Waals surface area contributed by atoms with Crippen molar-refractivity contribution in [3.8, 4) is 0 Å². The molecule has 0 aliphatic carbocycles. The van der Waals surface area contributed by atoms with Gasteiger partial charge >= 0.3 is 24.0 Å². The average Bonchev–Trinajstić information content (AvgIpc) is 2.46. The van der Waals surface area contributed by atoms with Gasteiger partial charge in [-0.2, -0.15) is 30.7 Å². The summed E-state index contributed by atoms with van der Waals surface area (Å²) in [4.78, 5) is 11.2. The standard InChI is InChI=1S/C15H23F7O2/c1-2-3-4-5-6-7-8-9-10-12(23)24-11-13(16,17)14(18,19)15(20,21)22/h2-11H2,1H3. The van der Waals surface area contributed by atoms with Gasteiger partial charge in [0.25, 0.3) is 0 Å². The van der Waals surface area contributed by atoms with Crippen molar-refractivity contribution in [2.75, 3.05) is 6.61 Å². The molecule has 144 valence electrons. The second kappa shape index (κ2) is 10.1. The van der Waals surface area contributed by atoms with Gasteiger partial charge in [0.05, 0.1) is 0 Å². The van der Waals surface area contributed by atoms with Crippen LogP contribution in [0.2, 0.25) is 0 Å². The summed E-state index contributed by atoms with van der Waals surface area (Å²) in [5.41, 5.74) is 0. The normalized spacial score (nSPS) is 13.2. The molecule has 0 aliphatic rings. The molecule has 0 atom stereocenters. The Balaban J connectivity index is 3.97.